The first-order valence-corrected chi connectivity index (χ1v) is 5.07. The van der Waals surface area contributed by atoms with Crippen molar-refractivity contribution in [2.24, 2.45) is 0 Å². The highest BCUT2D eigenvalue weighted by molar-refractivity contribution is 5.82. The third-order valence-corrected chi connectivity index (χ3v) is 2.99. The Kier molecular flexibility index (Phi) is 1.64. The molecule has 0 amide bonds. The Morgan fingerprint density at radius 3 is 2.86 bits per heavy atom. The fourth-order valence-corrected chi connectivity index (χ4v) is 2.16. The van der Waals surface area contributed by atoms with Crippen LogP contribution >= 0.6 is 0 Å². The van der Waals surface area contributed by atoms with E-state index in [-0.39, 0.29) is 0 Å². The SMILES string of the molecule is Cc1oc2ccccc2c1[C@@H]1CCN1. The largest absolute Gasteiger partial charge is 0.461 e. The molecule has 1 aliphatic heterocycles. The van der Waals surface area contributed by atoms with E-state index in [4.69, 9.17) is 4.42 Å². The number of hydrogen-bond donors (Lipinski definition) is 1. The average Bonchev–Trinajstić information content (AvgIpc) is 2.41. The van der Waals surface area contributed by atoms with Gasteiger partial charge < -0.3 is 9.73 Å². The predicted molar refractivity (Wildman–Crippen MR) is 56.3 cm³/mol. The van der Waals surface area contributed by atoms with E-state index < -0.39 is 0 Å². The predicted octanol–water partition coefficient (Wildman–Crippen LogP) is 2.78. The molecule has 0 saturated carbocycles. The van der Waals surface area contributed by atoms with Crippen LogP contribution in [0.2, 0.25) is 0 Å². The standard InChI is InChI=1S/C12H13NO/c1-8-12(10-6-7-13-10)9-4-2-3-5-11(9)14-8/h2-5,10,13H,6-7H2,1H3/t10-/m0/s1. The summed E-state index contributed by atoms with van der Waals surface area (Å²) in [5, 5.41) is 4.69. The second-order valence-electron chi connectivity index (χ2n) is 3.86. The molecule has 0 spiro atoms. The van der Waals surface area contributed by atoms with Crippen molar-refractivity contribution in [3.05, 3.63) is 35.6 Å². The summed E-state index contributed by atoms with van der Waals surface area (Å²) in [4.78, 5) is 0. The quantitative estimate of drug-likeness (QED) is 0.742. The molecule has 1 N–H and O–H groups in total. The number of para-hydroxylation sites is 1. The van der Waals surface area contributed by atoms with Crippen LogP contribution in [-0.4, -0.2) is 6.54 Å². The highest BCUT2D eigenvalue weighted by atomic mass is 16.3. The maximum Gasteiger partial charge on any atom is 0.134 e. The third kappa shape index (κ3) is 1.01. The molecular weight excluding hydrogens is 174 g/mol. The minimum absolute atomic E-state index is 0.513. The average molecular weight is 187 g/mol. The van der Waals surface area contributed by atoms with Crippen LogP contribution in [0.5, 0.6) is 0 Å². The van der Waals surface area contributed by atoms with Gasteiger partial charge in [0.2, 0.25) is 0 Å². The maximum atomic E-state index is 5.72. The van der Waals surface area contributed by atoms with Crippen LogP contribution in [0.4, 0.5) is 0 Å². The molecule has 1 fully saturated rings. The van der Waals surface area contributed by atoms with Crippen molar-refractivity contribution in [3.8, 4) is 0 Å². The summed E-state index contributed by atoms with van der Waals surface area (Å²) >= 11 is 0. The fraction of sp³-hybridized carbons (Fsp3) is 0.333. The summed E-state index contributed by atoms with van der Waals surface area (Å²) in [7, 11) is 0. The van der Waals surface area contributed by atoms with Gasteiger partial charge in [-0.05, 0) is 26.0 Å². The van der Waals surface area contributed by atoms with Crippen LogP contribution in [0, 0.1) is 6.92 Å². The van der Waals surface area contributed by atoms with Crippen LogP contribution in [0.3, 0.4) is 0 Å². The molecule has 0 radical (unpaired) electrons. The number of rotatable bonds is 1. The molecule has 0 unspecified atom stereocenters. The number of fused-ring (bicyclic) bond motifs is 1. The lowest BCUT2D eigenvalue weighted by atomic mass is 9.95. The molecule has 2 heterocycles. The first-order chi connectivity index (χ1) is 6.86. The van der Waals surface area contributed by atoms with Crippen molar-refractivity contribution in [3.63, 3.8) is 0 Å². The first-order valence-electron chi connectivity index (χ1n) is 5.07. The van der Waals surface area contributed by atoms with Crippen LogP contribution in [0.15, 0.2) is 28.7 Å². The number of furan rings is 1. The Bertz CT molecular complexity index is 468. The molecule has 14 heavy (non-hydrogen) atoms. The minimum atomic E-state index is 0.513. The summed E-state index contributed by atoms with van der Waals surface area (Å²) in [6, 6.07) is 8.77. The molecule has 0 bridgehead atoms. The molecule has 0 aliphatic carbocycles. The molecule has 72 valence electrons. The number of aryl methyl sites for hydroxylation is 1. The van der Waals surface area contributed by atoms with Gasteiger partial charge in [-0.3, -0.25) is 0 Å². The number of benzene rings is 1. The minimum Gasteiger partial charge on any atom is -0.461 e. The molecule has 1 aromatic heterocycles. The lowest BCUT2D eigenvalue weighted by Crippen LogP contribution is -2.35. The van der Waals surface area contributed by atoms with E-state index >= 15 is 0 Å². The molecule has 1 aromatic carbocycles. The normalized spacial score (nSPS) is 21.1. The zero-order valence-electron chi connectivity index (χ0n) is 8.21. The lowest BCUT2D eigenvalue weighted by Gasteiger charge is -2.27. The lowest BCUT2D eigenvalue weighted by molar-refractivity contribution is 0.378. The second kappa shape index (κ2) is 2.85. The summed E-state index contributed by atoms with van der Waals surface area (Å²) in [6.45, 7) is 3.18. The van der Waals surface area contributed by atoms with E-state index in [1.165, 1.54) is 17.4 Å². The van der Waals surface area contributed by atoms with E-state index in [0.717, 1.165) is 17.9 Å². The van der Waals surface area contributed by atoms with E-state index in [1.54, 1.807) is 0 Å². The Hall–Kier alpha value is -1.28. The first kappa shape index (κ1) is 8.06. The van der Waals surface area contributed by atoms with Crippen molar-refractivity contribution in [2.45, 2.75) is 19.4 Å². The molecule has 3 rings (SSSR count). The van der Waals surface area contributed by atoms with E-state index in [0.29, 0.717) is 6.04 Å². The summed E-state index contributed by atoms with van der Waals surface area (Å²) in [5.41, 5.74) is 2.36. The van der Waals surface area contributed by atoms with Gasteiger partial charge in [-0.25, -0.2) is 0 Å². The van der Waals surface area contributed by atoms with E-state index in [1.807, 2.05) is 12.1 Å². The van der Waals surface area contributed by atoms with Gasteiger partial charge in [-0.15, -0.1) is 0 Å². The molecule has 2 nitrogen and oxygen atoms in total. The van der Waals surface area contributed by atoms with Gasteiger partial charge in [-0.2, -0.15) is 0 Å². The van der Waals surface area contributed by atoms with Gasteiger partial charge >= 0.3 is 0 Å². The molecule has 2 aromatic rings. The van der Waals surface area contributed by atoms with Crippen molar-refractivity contribution >= 4 is 11.0 Å². The topological polar surface area (TPSA) is 25.2 Å². The molecular formula is C12H13NO. The van der Waals surface area contributed by atoms with Crippen molar-refractivity contribution in [1.82, 2.24) is 5.32 Å². The Morgan fingerprint density at radius 1 is 1.36 bits per heavy atom. The molecule has 1 aliphatic rings. The summed E-state index contributed by atoms with van der Waals surface area (Å²) in [6.07, 6.45) is 1.23. The van der Waals surface area contributed by atoms with Crippen molar-refractivity contribution in [1.29, 1.82) is 0 Å². The highest BCUT2D eigenvalue weighted by Gasteiger charge is 2.24. The Labute approximate surface area is 82.9 Å². The number of nitrogens with one attached hydrogen (secondary N) is 1. The van der Waals surface area contributed by atoms with Crippen LogP contribution in [0.25, 0.3) is 11.0 Å². The van der Waals surface area contributed by atoms with Crippen LogP contribution in [0.1, 0.15) is 23.8 Å². The fourth-order valence-electron chi connectivity index (χ4n) is 2.16. The van der Waals surface area contributed by atoms with Gasteiger partial charge in [-0.1, -0.05) is 18.2 Å². The molecule has 2 heteroatoms. The van der Waals surface area contributed by atoms with Gasteiger partial charge in [0.05, 0.1) is 0 Å². The van der Waals surface area contributed by atoms with Crippen LogP contribution in [-0.2, 0) is 0 Å². The number of hydrogen-bond acceptors (Lipinski definition) is 2. The van der Waals surface area contributed by atoms with Crippen LogP contribution < -0.4 is 5.32 Å². The van der Waals surface area contributed by atoms with Gasteiger partial charge in [0.15, 0.2) is 0 Å². The van der Waals surface area contributed by atoms with E-state index in [2.05, 4.69) is 24.4 Å². The zero-order chi connectivity index (χ0) is 9.54. The smallest absolute Gasteiger partial charge is 0.134 e. The molecule has 1 saturated heterocycles. The van der Waals surface area contributed by atoms with Crippen molar-refractivity contribution < 1.29 is 4.42 Å². The monoisotopic (exact) mass is 187 g/mol. The zero-order valence-corrected chi connectivity index (χ0v) is 8.21. The maximum absolute atomic E-state index is 5.72. The van der Waals surface area contributed by atoms with Gasteiger partial charge in [0.25, 0.3) is 0 Å². The second-order valence-corrected chi connectivity index (χ2v) is 3.86. The van der Waals surface area contributed by atoms with E-state index in [9.17, 15) is 0 Å². The van der Waals surface area contributed by atoms with Gasteiger partial charge in [0, 0.05) is 17.0 Å². The Morgan fingerprint density at radius 2 is 2.14 bits per heavy atom. The third-order valence-electron chi connectivity index (χ3n) is 2.99. The highest BCUT2D eigenvalue weighted by Crippen LogP contribution is 2.34. The summed E-state index contributed by atoms with van der Waals surface area (Å²) < 4.78 is 5.72. The van der Waals surface area contributed by atoms with Gasteiger partial charge in [0.1, 0.15) is 11.3 Å². The molecule has 1 atom stereocenters. The summed E-state index contributed by atoms with van der Waals surface area (Å²) in [5.74, 6) is 1.06. The Balaban J connectivity index is 2.24. The van der Waals surface area contributed by atoms with Crippen molar-refractivity contribution in [2.75, 3.05) is 6.54 Å².